The van der Waals surface area contributed by atoms with E-state index in [1.807, 2.05) is 0 Å². The van der Waals surface area contributed by atoms with Crippen molar-refractivity contribution in [1.82, 2.24) is 5.32 Å². The van der Waals surface area contributed by atoms with E-state index in [0.717, 1.165) is 12.1 Å². The second kappa shape index (κ2) is 8.63. The first kappa shape index (κ1) is 20.4. The Hall–Kier alpha value is -2.94. The Kier molecular flexibility index (Phi) is 6.51. The van der Waals surface area contributed by atoms with Crippen LogP contribution in [0.5, 0.6) is 0 Å². The van der Waals surface area contributed by atoms with Crippen molar-refractivity contribution in [3.63, 3.8) is 0 Å². The van der Waals surface area contributed by atoms with Gasteiger partial charge in [0.15, 0.2) is 6.61 Å². The van der Waals surface area contributed by atoms with Crippen LogP contribution in [0.25, 0.3) is 0 Å². The van der Waals surface area contributed by atoms with Gasteiger partial charge < -0.3 is 10.1 Å². The molecule has 0 heterocycles. The molecule has 0 aliphatic carbocycles. The van der Waals surface area contributed by atoms with Crippen LogP contribution in [0.2, 0.25) is 0 Å². The van der Waals surface area contributed by atoms with Crippen LogP contribution in [0.3, 0.4) is 0 Å². The first-order chi connectivity index (χ1) is 12.7. The smallest absolute Gasteiger partial charge is 0.338 e. The van der Waals surface area contributed by atoms with Gasteiger partial charge in [-0.15, -0.1) is 0 Å². The quantitative estimate of drug-likeness (QED) is 0.702. The van der Waals surface area contributed by atoms with Crippen molar-refractivity contribution in [2.45, 2.75) is 24.8 Å². The van der Waals surface area contributed by atoms with Crippen molar-refractivity contribution in [2.75, 3.05) is 11.3 Å². The molecule has 0 aliphatic heterocycles. The van der Waals surface area contributed by atoms with Gasteiger partial charge in [-0.25, -0.2) is 17.6 Å². The van der Waals surface area contributed by atoms with E-state index in [0.29, 0.717) is 0 Å². The second-order valence-electron chi connectivity index (χ2n) is 5.94. The van der Waals surface area contributed by atoms with Crippen LogP contribution in [-0.4, -0.2) is 32.9 Å². The van der Waals surface area contributed by atoms with E-state index < -0.39 is 34.3 Å². The van der Waals surface area contributed by atoms with Gasteiger partial charge >= 0.3 is 5.97 Å². The maximum Gasteiger partial charge on any atom is 0.338 e. The lowest BCUT2D eigenvalue weighted by Gasteiger charge is -2.10. The summed E-state index contributed by atoms with van der Waals surface area (Å²) < 4.78 is 44.7. The molecule has 2 N–H and O–H groups in total. The summed E-state index contributed by atoms with van der Waals surface area (Å²) in [5.41, 5.74) is 0.309. The van der Waals surface area contributed by atoms with Crippen molar-refractivity contribution in [3.05, 3.63) is 59.9 Å². The Balaban J connectivity index is 2.01. The van der Waals surface area contributed by atoms with Crippen LogP contribution in [0, 0.1) is 5.82 Å². The molecule has 0 atom stereocenters. The van der Waals surface area contributed by atoms with E-state index in [-0.39, 0.29) is 22.2 Å². The standard InChI is InChI=1S/C18H19FN2O5S/c1-12(2)20-17(22)11-26-18(23)13-3-9-16(10-4-13)27(24,25)21-15-7-5-14(19)6-8-15/h3-10,12,21H,11H2,1-2H3,(H,20,22). The summed E-state index contributed by atoms with van der Waals surface area (Å²) in [7, 11) is -3.90. The Bertz CT molecular complexity index is 910. The molecule has 0 saturated carbocycles. The number of hydrogen-bond acceptors (Lipinski definition) is 5. The highest BCUT2D eigenvalue weighted by atomic mass is 32.2. The van der Waals surface area contributed by atoms with Crippen molar-refractivity contribution in [1.29, 1.82) is 0 Å². The first-order valence-electron chi connectivity index (χ1n) is 8.02. The number of carbonyl (C=O) groups is 2. The number of amides is 1. The van der Waals surface area contributed by atoms with Gasteiger partial charge in [-0.05, 0) is 62.4 Å². The first-order valence-corrected chi connectivity index (χ1v) is 9.50. The number of sulfonamides is 1. The average molecular weight is 394 g/mol. The minimum Gasteiger partial charge on any atom is -0.452 e. The van der Waals surface area contributed by atoms with Crippen LogP contribution < -0.4 is 10.0 Å². The number of hydrogen-bond donors (Lipinski definition) is 2. The van der Waals surface area contributed by atoms with Crippen molar-refractivity contribution in [2.24, 2.45) is 0 Å². The van der Waals surface area contributed by atoms with E-state index in [4.69, 9.17) is 4.74 Å². The highest BCUT2D eigenvalue weighted by molar-refractivity contribution is 7.92. The third kappa shape index (κ3) is 6.07. The van der Waals surface area contributed by atoms with Crippen LogP contribution in [0.15, 0.2) is 53.4 Å². The fourth-order valence-electron chi connectivity index (χ4n) is 2.08. The number of esters is 1. The second-order valence-corrected chi connectivity index (χ2v) is 7.62. The fraction of sp³-hybridized carbons (Fsp3) is 0.222. The molecule has 9 heteroatoms. The molecule has 0 spiro atoms. The van der Waals surface area contributed by atoms with Crippen molar-refractivity contribution < 1.29 is 27.1 Å². The molecule has 2 aromatic rings. The molecule has 0 aliphatic rings. The molecule has 1 amide bonds. The summed E-state index contributed by atoms with van der Waals surface area (Å²) >= 11 is 0. The van der Waals surface area contributed by atoms with Crippen LogP contribution in [0.4, 0.5) is 10.1 Å². The molecule has 0 radical (unpaired) electrons. The maximum absolute atomic E-state index is 12.9. The van der Waals surface area contributed by atoms with Gasteiger partial charge in [0.25, 0.3) is 15.9 Å². The normalized spacial score (nSPS) is 11.1. The van der Waals surface area contributed by atoms with E-state index in [9.17, 15) is 22.4 Å². The molecule has 2 aromatic carbocycles. The topological polar surface area (TPSA) is 102 Å². The monoisotopic (exact) mass is 394 g/mol. The van der Waals surface area contributed by atoms with E-state index >= 15 is 0 Å². The van der Waals surface area contributed by atoms with Crippen molar-refractivity contribution >= 4 is 27.6 Å². The molecule has 0 fully saturated rings. The Morgan fingerprint density at radius 1 is 1.04 bits per heavy atom. The summed E-state index contributed by atoms with van der Waals surface area (Å²) in [6.07, 6.45) is 0. The predicted molar refractivity (Wildman–Crippen MR) is 97.2 cm³/mol. The summed E-state index contributed by atoms with van der Waals surface area (Å²) in [4.78, 5) is 23.3. The molecule has 7 nitrogen and oxygen atoms in total. The molecule has 27 heavy (non-hydrogen) atoms. The lowest BCUT2D eigenvalue weighted by molar-refractivity contribution is -0.124. The third-order valence-electron chi connectivity index (χ3n) is 3.28. The number of benzene rings is 2. The highest BCUT2D eigenvalue weighted by Gasteiger charge is 2.16. The number of ether oxygens (including phenoxy) is 1. The zero-order valence-electron chi connectivity index (χ0n) is 14.7. The molecular weight excluding hydrogens is 375 g/mol. The predicted octanol–water partition coefficient (Wildman–Crippen LogP) is 2.31. The van der Waals surface area contributed by atoms with E-state index in [1.165, 1.54) is 36.4 Å². The minimum absolute atomic E-state index is 0.0747. The summed E-state index contributed by atoms with van der Waals surface area (Å²) in [5.74, 6) is -1.66. The van der Waals surface area contributed by atoms with Crippen LogP contribution >= 0.6 is 0 Å². The molecule has 0 saturated heterocycles. The largest absolute Gasteiger partial charge is 0.452 e. The SMILES string of the molecule is CC(C)NC(=O)COC(=O)c1ccc(S(=O)(=O)Nc2ccc(F)cc2)cc1. The van der Waals surface area contributed by atoms with Crippen molar-refractivity contribution in [3.8, 4) is 0 Å². The number of anilines is 1. The van der Waals surface area contributed by atoms with Crippen LogP contribution in [0.1, 0.15) is 24.2 Å². The Morgan fingerprint density at radius 2 is 1.63 bits per heavy atom. The van der Waals surface area contributed by atoms with E-state index in [1.54, 1.807) is 13.8 Å². The lowest BCUT2D eigenvalue weighted by Crippen LogP contribution is -2.33. The molecule has 0 unspecified atom stereocenters. The molecule has 0 aromatic heterocycles. The average Bonchev–Trinajstić information content (AvgIpc) is 2.61. The zero-order chi connectivity index (χ0) is 20.0. The van der Waals surface area contributed by atoms with Crippen LogP contribution in [-0.2, 0) is 19.6 Å². The van der Waals surface area contributed by atoms with Gasteiger partial charge in [-0.1, -0.05) is 0 Å². The number of nitrogens with one attached hydrogen (secondary N) is 2. The zero-order valence-corrected chi connectivity index (χ0v) is 15.5. The minimum atomic E-state index is -3.90. The number of carbonyl (C=O) groups excluding carboxylic acids is 2. The fourth-order valence-corrected chi connectivity index (χ4v) is 3.14. The highest BCUT2D eigenvalue weighted by Crippen LogP contribution is 2.17. The molecule has 0 bridgehead atoms. The van der Waals surface area contributed by atoms with Gasteiger partial charge in [0.05, 0.1) is 10.5 Å². The van der Waals surface area contributed by atoms with Gasteiger partial charge in [0, 0.05) is 11.7 Å². The maximum atomic E-state index is 12.9. The summed E-state index contributed by atoms with van der Waals surface area (Å²) in [6, 6.07) is 9.80. The lowest BCUT2D eigenvalue weighted by atomic mass is 10.2. The van der Waals surface area contributed by atoms with Gasteiger partial charge in [0.1, 0.15) is 5.82 Å². The third-order valence-corrected chi connectivity index (χ3v) is 4.68. The molecule has 2 rings (SSSR count). The van der Waals surface area contributed by atoms with Gasteiger partial charge in [-0.3, -0.25) is 9.52 Å². The molecule has 144 valence electrons. The van der Waals surface area contributed by atoms with Gasteiger partial charge in [-0.2, -0.15) is 0 Å². The Labute approximate surface area is 156 Å². The molecular formula is C18H19FN2O5S. The number of halogens is 1. The number of rotatable bonds is 7. The summed E-state index contributed by atoms with van der Waals surface area (Å²) in [5, 5.41) is 2.58. The van der Waals surface area contributed by atoms with Gasteiger partial charge in [0.2, 0.25) is 0 Å². The van der Waals surface area contributed by atoms with E-state index in [2.05, 4.69) is 10.0 Å². The Morgan fingerprint density at radius 3 is 2.19 bits per heavy atom. The summed E-state index contributed by atoms with van der Waals surface area (Å²) in [6.45, 7) is 3.13.